The van der Waals surface area contributed by atoms with Crippen molar-refractivity contribution in [1.82, 2.24) is 16.1 Å². The number of benzene rings is 2. The fourth-order valence-electron chi connectivity index (χ4n) is 4.93. The maximum atomic E-state index is 13.4. The topological polar surface area (TPSA) is 148 Å². The van der Waals surface area contributed by atoms with Crippen molar-refractivity contribution in [2.45, 2.75) is 32.6 Å². The first-order chi connectivity index (χ1) is 20.2. The summed E-state index contributed by atoms with van der Waals surface area (Å²) in [6.45, 7) is 3.52. The molecule has 0 spiro atoms. The SMILES string of the molecule is COC(=O)C1C(C)=NC(C)=C(C(=O)NCCNC(=O)COc2ccc(C3=NNC(=O)CC3)cc2)C1c1ccccc1Cl. The molecule has 2 unspecified atom stereocenters. The standard InChI is InChI=1S/C30H32ClN5O6/c1-17-26(28(21-6-4-5-7-22(21)31)27(18(2)34-17)30(40)41-3)29(39)33-15-14-32-25(38)16-42-20-10-8-19(9-11-20)23-12-13-24(37)36-35-23/h4-11,27-28H,12-16H2,1-3H3,(H,32,38)(H,33,39)(H,36,37). The van der Waals surface area contributed by atoms with Crippen molar-refractivity contribution in [3.05, 3.63) is 76.0 Å². The van der Waals surface area contributed by atoms with Gasteiger partial charge >= 0.3 is 5.97 Å². The van der Waals surface area contributed by atoms with Crippen molar-refractivity contribution in [2.24, 2.45) is 16.0 Å². The molecule has 220 valence electrons. The zero-order chi connectivity index (χ0) is 30.2. The van der Waals surface area contributed by atoms with Crippen molar-refractivity contribution in [2.75, 3.05) is 26.8 Å². The summed E-state index contributed by atoms with van der Waals surface area (Å²) in [5, 5.41) is 10.00. The normalized spacial score (nSPS) is 18.3. The maximum absolute atomic E-state index is 13.4. The van der Waals surface area contributed by atoms with Gasteiger partial charge in [0.25, 0.3) is 5.91 Å². The minimum Gasteiger partial charge on any atom is -0.484 e. The van der Waals surface area contributed by atoms with Gasteiger partial charge in [-0.1, -0.05) is 29.8 Å². The van der Waals surface area contributed by atoms with Crippen LogP contribution >= 0.6 is 11.6 Å². The van der Waals surface area contributed by atoms with E-state index < -0.39 is 23.7 Å². The van der Waals surface area contributed by atoms with Crippen molar-refractivity contribution in [3.63, 3.8) is 0 Å². The number of amides is 3. The number of ether oxygens (including phenoxy) is 2. The fourth-order valence-corrected chi connectivity index (χ4v) is 5.18. The summed E-state index contributed by atoms with van der Waals surface area (Å²) in [4.78, 5) is 54.2. The molecule has 42 heavy (non-hydrogen) atoms. The molecule has 0 radical (unpaired) electrons. The highest BCUT2D eigenvalue weighted by molar-refractivity contribution is 6.31. The van der Waals surface area contributed by atoms with Crippen LogP contribution in [0.15, 0.2) is 69.9 Å². The highest BCUT2D eigenvalue weighted by atomic mass is 35.5. The lowest BCUT2D eigenvalue weighted by atomic mass is 9.75. The highest BCUT2D eigenvalue weighted by Crippen LogP contribution is 2.42. The number of aliphatic imine (C=N–C) groups is 1. The highest BCUT2D eigenvalue weighted by Gasteiger charge is 2.42. The van der Waals surface area contributed by atoms with Crippen molar-refractivity contribution >= 4 is 46.7 Å². The molecule has 0 saturated carbocycles. The van der Waals surface area contributed by atoms with E-state index in [1.807, 2.05) is 12.1 Å². The molecule has 0 aromatic heterocycles. The predicted molar refractivity (Wildman–Crippen MR) is 157 cm³/mol. The molecular weight excluding hydrogens is 562 g/mol. The van der Waals surface area contributed by atoms with Gasteiger partial charge in [-0.15, -0.1) is 0 Å². The second kappa shape index (κ2) is 13.9. The smallest absolute Gasteiger partial charge is 0.315 e. The number of hydrogen-bond acceptors (Lipinski definition) is 8. The van der Waals surface area contributed by atoms with E-state index in [0.717, 1.165) is 11.3 Å². The molecule has 2 aliphatic heterocycles. The van der Waals surface area contributed by atoms with Gasteiger partial charge in [0.1, 0.15) is 11.7 Å². The van der Waals surface area contributed by atoms with Gasteiger partial charge in [-0.2, -0.15) is 5.10 Å². The minimum atomic E-state index is -0.818. The monoisotopic (exact) mass is 593 g/mol. The Morgan fingerprint density at radius 3 is 2.40 bits per heavy atom. The van der Waals surface area contributed by atoms with Crippen molar-refractivity contribution in [3.8, 4) is 5.75 Å². The first kappa shape index (κ1) is 30.4. The average molecular weight is 594 g/mol. The fraction of sp³-hybridized carbons (Fsp3) is 0.333. The second-order valence-corrected chi connectivity index (χ2v) is 10.2. The molecule has 2 aromatic rings. The molecule has 2 aromatic carbocycles. The first-order valence-corrected chi connectivity index (χ1v) is 13.8. The van der Waals surface area contributed by atoms with E-state index in [-0.39, 0.29) is 31.5 Å². The Kier molecular flexibility index (Phi) is 10.1. The molecule has 4 rings (SSSR count). The largest absolute Gasteiger partial charge is 0.484 e. The third-order valence-corrected chi connectivity index (χ3v) is 7.31. The Balaban J connectivity index is 1.31. The lowest BCUT2D eigenvalue weighted by molar-refractivity contribution is -0.143. The summed E-state index contributed by atoms with van der Waals surface area (Å²) in [5.41, 5.74) is 6.03. The van der Waals surface area contributed by atoms with Gasteiger partial charge in [0.2, 0.25) is 11.8 Å². The summed E-state index contributed by atoms with van der Waals surface area (Å²) >= 11 is 6.50. The number of rotatable bonds is 10. The lowest BCUT2D eigenvalue weighted by Gasteiger charge is -2.32. The van der Waals surface area contributed by atoms with Gasteiger partial charge in [0, 0.05) is 53.9 Å². The summed E-state index contributed by atoms with van der Waals surface area (Å²) in [7, 11) is 1.29. The van der Waals surface area contributed by atoms with E-state index in [1.54, 1.807) is 50.2 Å². The molecule has 2 atom stereocenters. The van der Waals surface area contributed by atoms with Gasteiger partial charge in [-0.05, 0) is 55.3 Å². The Hall–Kier alpha value is -4.51. The molecule has 0 bridgehead atoms. The van der Waals surface area contributed by atoms with Gasteiger partial charge in [-0.3, -0.25) is 24.2 Å². The Labute approximate surface area is 248 Å². The third-order valence-electron chi connectivity index (χ3n) is 6.96. The third kappa shape index (κ3) is 7.22. The van der Waals surface area contributed by atoms with Crippen LogP contribution in [0.5, 0.6) is 5.75 Å². The number of carbonyl (C=O) groups excluding carboxylic acids is 4. The minimum absolute atomic E-state index is 0.108. The molecule has 3 N–H and O–H groups in total. The van der Waals surface area contributed by atoms with Crippen molar-refractivity contribution in [1.29, 1.82) is 0 Å². The van der Waals surface area contributed by atoms with Gasteiger partial charge in [-0.25, -0.2) is 5.43 Å². The molecule has 0 saturated heterocycles. The molecular formula is C30H32ClN5O6. The van der Waals surface area contributed by atoms with Crippen LogP contribution < -0.4 is 20.8 Å². The number of methoxy groups -OCH3 is 1. The molecule has 2 heterocycles. The molecule has 3 amide bonds. The first-order valence-electron chi connectivity index (χ1n) is 13.4. The Morgan fingerprint density at radius 2 is 1.74 bits per heavy atom. The summed E-state index contributed by atoms with van der Waals surface area (Å²) < 4.78 is 10.6. The Morgan fingerprint density at radius 1 is 1.02 bits per heavy atom. The van der Waals surface area contributed by atoms with Gasteiger partial charge in [0.15, 0.2) is 6.61 Å². The van der Waals surface area contributed by atoms with Crippen LogP contribution in [0.2, 0.25) is 5.02 Å². The zero-order valence-electron chi connectivity index (χ0n) is 23.5. The molecule has 2 aliphatic rings. The quantitative estimate of drug-likeness (QED) is 0.285. The molecule has 11 nitrogen and oxygen atoms in total. The molecule has 0 aliphatic carbocycles. The van der Waals surface area contributed by atoms with Crippen LogP contribution in [-0.4, -0.2) is 61.9 Å². The number of carbonyl (C=O) groups is 4. The van der Waals surface area contributed by atoms with Crippen LogP contribution in [0, 0.1) is 5.92 Å². The summed E-state index contributed by atoms with van der Waals surface area (Å²) in [5.74, 6) is -2.41. The van der Waals surface area contributed by atoms with E-state index in [2.05, 4.69) is 26.2 Å². The van der Waals surface area contributed by atoms with Crippen LogP contribution in [-0.2, 0) is 23.9 Å². The molecule has 0 fully saturated rings. The number of halogens is 1. The van der Waals surface area contributed by atoms with Crippen LogP contribution in [0.1, 0.15) is 43.7 Å². The van der Waals surface area contributed by atoms with E-state index in [1.165, 1.54) is 7.11 Å². The van der Waals surface area contributed by atoms with Gasteiger partial charge in [0.05, 0.1) is 12.8 Å². The predicted octanol–water partition coefficient (Wildman–Crippen LogP) is 2.89. The number of nitrogens with zero attached hydrogens (tertiary/aromatic N) is 2. The van der Waals surface area contributed by atoms with E-state index in [0.29, 0.717) is 46.2 Å². The number of allylic oxidation sites excluding steroid dienone is 1. The van der Waals surface area contributed by atoms with Crippen LogP contribution in [0.4, 0.5) is 0 Å². The van der Waals surface area contributed by atoms with E-state index in [4.69, 9.17) is 21.1 Å². The molecule has 12 heteroatoms. The van der Waals surface area contributed by atoms with Crippen molar-refractivity contribution < 1.29 is 28.7 Å². The number of hydrogen-bond donors (Lipinski definition) is 3. The van der Waals surface area contributed by atoms with Crippen LogP contribution in [0.3, 0.4) is 0 Å². The van der Waals surface area contributed by atoms with E-state index in [9.17, 15) is 19.2 Å². The number of hydrazone groups is 1. The number of esters is 1. The number of nitrogens with one attached hydrogen (secondary N) is 3. The maximum Gasteiger partial charge on any atom is 0.315 e. The second-order valence-electron chi connectivity index (χ2n) is 9.76. The average Bonchev–Trinajstić information content (AvgIpc) is 2.98. The zero-order valence-corrected chi connectivity index (χ0v) is 24.3. The van der Waals surface area contributed by atoms with Gasteiger partial charge < -0.3 is 20.1 Å². The summed E-state index contributed by atoms with van der Waals surface area (Å²) in [6, 6.07) is 14.1. The lowest BCUT2D eigenvalue weighted by Crippen LogP contribution is -2.41. The van der Waals surface area contributed by atoms with E-state index >= 15 is 0 Å². The van der Waals surface area contributed by atoms with Crippen LogP contribution in [0.25, 0.3) is 0 Å². The Bertz CT molecular complexity index is 1470. The summed E-state index contributed by atoms with van der Waals surface area (Å²) in [6.07, 6.45) is 0.944.